The summed E-state index contributed by atoms with van der Waals surface area (Å²) < 4.78 is 29.9. The lowest BCUT2D eigenvalue weighted by molar-refractivity contribution is 0.101. The molecule has 0 fully saturated rings. The van der Waals surface area contributed by atoms with Crippen LogP contribution in [0.4, 0.5) is 14.6 Å². The van der Waals surface area contributed by atoms with Crippen molar-refractivity contribution in [2.45, 2.75) is 6.43 Å². The highest BCUT2D eigenvalue weighted by Crippen LogP contribution is 2.33. The number of aryl methyl sites for hydroxylation is 2. The molecule has 1 aromatic carbocycles. The first-order valence-electron chi connectivity index (χ1n) is 8.45. The molecule has 3 heterocycles. The van der Waals surface area contributed by atoms with E-state index in [0.717, 1.165) is 5.39 Å². The van der Waals surface area contributed by atoms with E-state index in [-0.39, 0.29) is 11.4 Å². The van der Waals surface area contributed by atoms with E-state index in [1.54, 1.807) is 55.1 Å². The second-order valence-corrected chi connectivity index (χ2v) is 6.25. The molecule has 0 saturated heterocycles. The van der Waals surface area contributed by atoms with Crippen molar-refractivity contribution in [2.75, 3.05) is 5.32 Å². The van der Waals surface area contributed by atoms with Gasteiger partial charge >= 0.3 is 0 Å². The summed E-state index contributed by atoms with van der Waals surface area (Å²) >= 11 is 0. The fourth-order valence-electron chi connectivity index (χ4n) is 3.12. The van der Waals surface area contributed by atoms with Gasteiger partial charge < -0.3 is 9.88 Å². The van der Waals surface area contributed by atoms with Gasteiger partial charge in [-0.2, -0.15) is 5.10 Å². The van der Waals surface area contributed by atoms with Crippen LogP contribution in [0.25, 0.3) is 22.3 Å². The lowest BCUT2D eigenvalue weighted by atomic mass is 10.0. The highest BCUT2D eigenvalue weighted by molar-refractivity contribution is 6.01. The third-order valence-electron chi connectivity index (χ3n) is 4.50. The number of nitrogens with zero attached hydrogens (tertiary/aromatic N) is 5. The molecule has 0 spiro atoms. The average Bonchev–Trinajstić information content (AvgIpc) is 3.25. The van der Waals surface area contributed by atoms with Crippen molar-refractivity contribution in [3.05, 3.63) is 60.2 Å². The molecule has 142 valence electrons. The summed E-state index contributed by atoms with van der Waals surface area (Å²) in [6.45, 7) is 0. The summed E-state index contributed by atoms with van der Waals surface area (Å²) in [6, 6.07) is 11.6. The molecule has 0 aliphatic rings. The summed E-state index contributed by atoms with van der Waals surface area (Å²) in [7, 11) is 3.36. The zero-order valence-corrected chi connectivity index (χ0v) is 15.1. The van der Waals surface area contributed by atoms with Gasteiger partial charge in [-0.05, 0) is 18.2 Å². The number of alkyl halides is 2. The molecule has 0 aliphatic heterocycles. The maximum absolute atomic E-state index is 13.4. The number of hydrogen-bond donors (Lipinski definition) is 1. The Bertz CT molecular complexity index is 1180. The number of pyridine rings is 1. The van der Waals surface area contributed by atoms with Crippen LogP contribution in [0.1, 0.15) is 22.6 Å². The first-order valence-corrected chi connectivity index (χ1v) is 8.45. The van der Waals surface area contributed by atoms with Crippen molar-refractivity contribution in [3.63, 3.8) is 0 Å². The summed E-state index contributed by atoms with van der Waals surface area (Å²) in [4.78, 5) is 20.7. The Balaban J connectivity index is 1.73. The van der Waals surface area contributed by atoms with Crippen molar-refractivity contribution < 1.29 is 13.6 Å². The first kappa shape index (κ1) is 17.8. The lowest BCUT2D eigenvalue weighted by Gasteiger charge is -2.10. The second kappa shape index (κ2) is 6.84. The molecule has 1 amide bonds. The Morgan fingerprint density at radius 1 is 1.14 bits per heavy atom. The molecular weight excluding hydrogens is 366 g/mol. The van der Waals surface area contributed by atoms with Gasteiger partial charge in [-0.3, -0.25) is 4.79 Å². The summed E-state index contributed by atoms with van der Waals surface area (Å²) in [5, 5.41) is 7.31. The summed E-state index contributed by atoms with van der Waals surface area (Å²) in [6.07, 6.45) is -1.29. The Morgan fingerprint density at radius 2 is 1.93 bits per heavy atom. The van der Waals surface area contributed by atoms with Crippen molar-refractivity contribution >= 4 is 22.8 Å². The van der Waals surface area contributed by atoms with Gasteiger partial charge in [0.05, 0.1) is 5.69 Å². The van der Waals surface area contributed by atoms with Gasteiger partial charge in [0.1, 0.15) is 17.8 Å². The molecule has 7 nitrogen and oxygen atoms in total. The van der Waals surface area contributed by atoms with Crippen LogP contribution in [0.5, 0.6) is 0 Å². The largest absolute Gasteiger partial charge is 0.328 e. The molecule has 1 N–H and O–H groups in total. The summed E-state index contributed by atoms with van der Waals surface area (Å²) in [5.74, 6) is 0.0417. The van der Waals surface area contributed by atoms with E-state index in [1.165, 1.54) is 17.1 Å². The predicted octanol–water partition coefficient (Wildman–Crippen LogP) is 3.56. The number of fused-ring (bicyclic) bond motifs is 1. The topological polar surface area (TPSA) is 77.6 Å². The maximum Gasteiger partial charge on any atom is 0.294 e. The molecular formula is C19H16F2N6O. The average molecular weight is 382 g/mol. The minimum absolute atomic E-state index is 0.0378. The SMILES string of the molecule is Cn1ncnc1C(=O)Nc1ccc2cc(-c3ccccc3C(F)F)n(C)c2n1. The van der Waals surface area contributed by atoms with E-state index in [0.29, 0.717) is 22.7 Å². The number of anilines is 1. The lowest BCUT2D eigenvalue weighted by Crippen LogP contribution is -2.18. The van der Waals surface area contributed by atoms with Crippen LogP contribution in [0.15, 0.2) is 48.8 Å². The molecule has 0 aliphatic carbocycles. The Labute approximate surface area is 158 Å². The molecule has 3 aromatic heterocycles. The van der Waals surface area contributed by atoms with Crippen LogP contribution >= 0.6 is 0 Å². The van der Waals surface area contributed by atoms with E-state index in [4.69, 9.17) is 0 Å². The normalized spacial score (nSPS) is 11.3. The zero-order chi connectivity index (χ0) is 19.8. The number of amides is 1. The molecule has 4 rings (SSSR count). The third-order valence-corrected chi connectivity index (χ3v) is 4.50. The van der Waals surface area contributed by atoms with Crippen molar-refractivity contribution in [3.8, 4) is 11.3 Å². The van der Waals surface area contributed by atoms with E-state index in [9.17, 15) is 13.6 Å². The van der Waals surface area contributed by atoms with Crippen LogP contribution in [-0.4, -0.2) is 30.2 Å². The number of hydrogen-bond acceptors (Lipinski definition) is 4. The fourth-order valence-corrected chi connectivity index (χ4v) is 3.12. The molecule has 0 saturated carbocycles. The molecule has 28 heavy (non-hydrogen) atoms. The van der Waals surface area contributed by atoms with Crippen molar-refractivity contribution in [1.29, 1.82) is 0 Å². The number of halogens is 2. The minimum Gasteiger partial charge on any atom is -0.328 e. The van der Waals surface area contributed by atoms with Gasteiger partial charge in [-0.15, -0.1) is 0 Å². The highest BCUT2D eigenvalue weighted by Gasteiger charge is 2.18. The number of nitrogens with one attached hydrogen (secondary N) is 1. The van der Waals surface area contributed by atoms with E-state index < -0.39 is 12.3 Å². The second-order valence-electron chi connectivity index (χ2n) is 6.25. The number of benzene rings is 1. The fraction of sp³-hybridized carbons (Fsp3) is 0.158. The van der Waals surface area contributed by atoms with Crippen LogP contribution in [0.3, 0.4) is 0 Å². The Morgan fingerprint density at radius 3 is 2.64 bits per heavy atom. The van der Waals surface area contributed by atoms with Gasteiger partial charge in [-0.25, -0.2) is 23.4 Å². The van der Waals surface area contributed by atoms with Crippen molar-refractivity contribution in [2.24, 2.45) is 14.1 Å². The van der Waals surface area contributed by atoms with Crippen molar-refractivity contribution in [1.82, 2.24) is 24.3 Å². The zero-order valence-electron chi connectivity index (χ0n) is 15.1. The van der Waals surface area contributed by atoms with Crippen LogP contribution in [0, 0.1) is 0 Å². The molecule has 9 heteroatoms. The standard InChI is InChI=1S/C19H16F2N6O/c1-26-14(12-5-3-4-6-13(12)16(20)21)9-11-7-8-15(24-17(11)26)25-19(28)18-22-10-23-27(18)2/h3-10,16H,1-2H3,(H,24,25,28). The van der Waals surface area contributed by atoms with Crippen LogP contribution < -0.4 is 5.32 Å². The van der Waals surface area contributed by atoms with Gasteiger partial charge in [0, 0.05) is 30.6 Å². The third kappa shape index (κ3) is 3.00. The molecule has 4 aromatic rings. The smallest absolute Gasteiger partial charge is 0.294 e. The number of carbonyl (C=O) groups excluding carboxylic acids is 1. The van der Waals surface area contributed by atoms with Gasteiger partial charge in [-0.1, -0.05) is 24.3 Å². The molecule has 0 radical (unpaired) electrons. The van der Waals surface area contributed by atoms with Gasteiger partial charge in [0.25, 0.3) is 12.3 Å². The number of aromatic nitrogens is 5. The number of carbonyl (C=O) groups is 1. The quantitative estimate of drug-likeness (QED) is 0.585. The number of rotatable bonds is 4. The van der Waals surface area contributed by atoms with E-state index >= 15 is 0 Å². The first-order chi connectivity index (χ1) is 13.5. The minimum atomic E-state index is -2.58. The monoisotopic (exact) mass is 382 g/mol. The highest BCUT2D eigenvalue weighted by atomic mass is 19.3. The molecule has 0 unspecified atom stereocenters. The van der Waals surface area contributed by atoms with Gasteiger partial charge in [0.2, 0.25) is 5.82 Å². The van der Waals surface area contributed by atoms with E-state index in [1.807, 2.05) is 0 Å². The van der Waals surface area contributed by atoms with Crippen LogP contribution in [-0.2, 0) is 14.1 Å². The van der Waals surface area contributed by atoms with E-state index in [2.05, 4.69) is 20.4 Å². The van der Waals surface area contributed by atoms with Gasteiger partial charge in [0.15, 0.2) is 0 Å². The predicted molar refractivity (Wildman–Crippen MR) is 100 cm³/mol. The maximum atomic E-state index is 13.4. The Kier molecular flexibility index (Phi) is 4.34. The Hall–Kier alpha value is -3.62. The molecule has 0 bridgehead atoms. The molecule has 0 atom stereocenters. The summed E-state index contributed by atoms with van der Waals surface area (Å²) in [5.41, 5.74) is 1.59. The van der Waals surface area contributed by atoms with Crippen LogP contribution in [0.2, 0.25) is 0 Å².